The molecule has 0 aliphatic carbocycles. The maximum Gasteiger partial charge on any atom is 0.419 e. The van der Waals surface area contributed by atoms with E-state index in [0.717, 1.165) is 17.5 Å². The standard InChI is InChI=1S/C17H18N2O2/c1-18-14(10-12-6-4-3-5-7-12)13-8-9-15-16(11-13)21-17(20)19(15)2/h3-9,11,14,18H,10H2,1-2H3. The fraction of sp³-hybridized carbons (Fsp3) is 0.235. The lowest BCUT2D eigenvalue weighted by Crippen LogP contribution is -2.18. The molecule has 21 heavy (non-hydrogen) atoms. The number of likely N-dealkylation sites (N-methyl/N-ethyl adjacent to an activating group) is 1. The molecule has 0 saturated heterocycles. The number of hydrogen-bond acceptors (Lipinski definition) is 3. The Kier molecular flexibility index (Phi) is 3.62. The summed E-state index contributed by atoms with van der Waals surface area (Å²) in [6.07, 6.45) is 0.889. The molecule has 0 fully saturated rings. The molecule has 0 amide bonds. The van der Waals surface area contributed by atoms with Crippen molar-refractivity contribution in [1.29, 1.82) is 0 Å². The summed E-state index contributed by atoms with van der Waals surface area (Å²) < 4.78 is 6.78. The zero-order chi connectivity index (χ0) is 14.8. The van der Waals surface area contributed by atoms with Crippen LogP contribution in [-0.2, 0) is 13.5 Å². The Hall–Kier alpha value is -2.33. The van der Waals surface area contributed by atoms with Gasteiger partial charge in [0, 0.05) is 13.1 Å². The minimum atomic E-state index is -0.328. The molecule has 0 bridgehead atoms. The first-order valence-corrected chi connectivity index (χ1v) is 6.99. The molecule has 4 nitrogen and oxygen atoms in total. The molecular formula is C17H18N2O2. The van der Waals surface area contributed by atoms with Gasteiger partial charge in [-0.1, -0.05) is 36.4 Å². The molecule has 0 spiro atoms. The van der Waals surface area contributed by atoms with Crippen molar-refractivity contribution in [2.45, 2.75) is 12.5 Å². The Morgan fingerprint density at radius 2 is 1.95 bits per heavy atom. The fourth-order valence-electron chi connectivity index (χ4n) is 2.60. The lowest BCUT2D eigenvalue weighted by Gasteiger charge is -2.16. The number of fused-ring (bicyclic) bond motifs is 1. The third-order valence-electron chi connectivity index (χ3n) is 3.85. The summed E-state index contributed by atoms with van der Waals surface area (Å²) in [5, 5.41) is 3.33. The zero-order valence-corrected chi connectivity index (χ0v) is 12.2. The Labute approximate surface area is 123 Å². The van der Waals surface area contributed by atoms with E-state index in [4.69, 9.17) is 4.42 Å². The minimum absolute atomic E-state index is 0.183. The summed E-state index contributed by atoms with van der Waals surface area (Å²) in [5.41, 5.74) is 3.83. The number of aryl methyl sites for hydroxylation is 1. The van der Waals surface area contributed by atoms with E-state index in [1.165, 1.54) is 10.1 Å². The number of nitrogens with one attached hydrogen (secondary N) is 1. The highest BCUT2D eigenvalue weighted by Crippen LogP contribution is 2.22. The van der Waals surface area contributed by atoms with Gasteiger partial charge in [0.1, 0.15) is 0 Å². The normalized spacial score (nSPS) is 12.7. The van der Waals surface area contributed by atoms with E-state index in [9.17, 15) is 4.79 Å². The van der Waals surface area contributed by atoms with Crippen molar-refractivity contribution in [3.63, 3.8) is 0 Å². The molecule has 0 radical (unpaired) electrons. The summed E-state index contributed by atoms with van der Waals surface area (Å²) in [6, 6.07) is 16.4. The van der Waals surface area contributed by atoms with Gasteiger partial charge in [0.05, 0.1) is 5.52 Å². The highest BCUT2D eigenvalue weighted by atomic mass is 16.4. The summed E-state index contributed by atoms with van der Waals surface area (Å²) in [6.45, 7) is 0. The van der Waals surface area contributed by atoms with Crippen LogP contribution in [0.2, 0.25) is 0 Å². The van der Waals surface area contributed by atoms with Crippen molar-refractivity contribution in [3.05, 3.63) is 70.2 Å². The summed E-state index contributed by atoms with van der Waals surface area (Å²) >= 11 is 0. The minimum Gasteiger partial charge on any atom is -0.408 e. The molecule has 108 valence electrons. The number of nitrogens with zero attached hydrogens (tertiary/aromatic N) is 1. The molecule has 1 heterocycles. The Morgan fingerprint density at radius 3 is 2.67 bits per heavy atom. The van der Waals surface area contributed by atoms with Crippen LogP contribution in [-0.4, -0.2) is 11.6 Å². The predicted molar refractivity (Wildman–Crippen MR) is 83.4 cm³/mol. The highest BCUT2D eigenvalue weighted by Gasteiger charge is 2.13. The van der Waals surface area contributed by atoms with E-state index < -0.39 is 0 Å². The second-order valence-electron chi connectivity index (χ2n) is 5.19. The number of rotatable bonds is 4. The Balaban J connectivity index is 1.95. The van der Waals surface area contributed by atoms with Crippen molar-refractivity contribution in [1.82, 2.24) is 9.88 Å². The lowest BCUT2D eigenvalue weighted by molar-refractivity contribution is 0.526. The molecule has 1 atom stereocenters. The van der Waals surface area contributed by atoms with E-state index in [-0.39, 0.29) is 11.8 Å². The first-order chi connectivity index (χ1) is 10.2. The average molecular weight is 282 g/mol. The number of oxazole rings is 1. The van der Waals surface area contributed by atoms with Gasteiger partial charge in [-0.25, -0.2) is 4.79 Å². The van der Waals surface area contributed by atoms with Crippen molar-refractivity contribution < 1.29 is 4.42 Å². The average Bonchev–Trinajstić information content (AvgIpc) is 2.80. The molecule has 1 N–H and O–H groups in total. The van der Waals surface area contributed by atoms with E-state index in [1.54, 1.807) is 7.05 Å². The summed E-state index contributed by atoms with van der Waals surface area (Å²) in [4.78, 5) is 11.6. The smallest absolute Gasteiger partial charge is 0.408 e. The number of hydrogen-bond donors (Lipinski definition) is 1. The van der Waals surface area contributed by atoms with Gasteiger partial charge in [0.25, 0.3) is 0 Å². The molecule has 1 aromatic heterocycles. The van der Waals surface area contributed by atoms with Crippen LogP contribution in [0, 0.1) is 0 Å². The van der Waals surface area contributed by atoms with Gasteiger partial charge in [-0.3, -0.25) is 4.57 Å². The zero-order valence-electron chi connectivity index (χ0n) is 12.2. The van der Waals surface area contributed by atoms with Crippen LogP contribution in [0.15, 0.2) is 57.7 Å². The fourth-order valence-corrected chi connectivity index (χ4v) is 2.60. The van der Waals surface area contributed by atoms with E-state index in [2.05, 4.69) is 17.4 Å². The van der Waals surface area contributed by atoms with Gasteiger partial charge in [-0.15, -0.1) is 0 Å². The molecule has 3 rings (SSSR count). The van der Waals surface area contributed by atoms with Crippen LogP contribution in [0.5, 0.6) is 0 Å². The molecule has 4 heteroatoms. The second-order valence-corrected chi connectivity index (χ2v) is 5.19. The van der Waals surface area contributed by atoms with Crippen LogP contribution in [0.25, 0.3) is 11.1 Å². The van der Waals surface area contributed by atoms with Gasteiger partial charge in [-0.2, -0.15) is 0 Å². The maximum absolute atomic E-state index is 11.6. The molecule has 2 aromatic carbocycles. The van der Waals surface area contributed by atoms with Crippen molar-refractivity contribution in [2.24, 2.45) is 7.05 Å². The van der Waals surface area contributed by atoms with Gasteiger partial charge in [0.15, 0.2) is 5.58 Å². The molecular weight excluding hydrogens is 264 g/mol. The lowest BCUT2D eigenvalue weighted by atomic mass is 9.99. The van der Waals surface area contributed by atoms with Gasteiger partial charge in [-0.05, 0) is 36.7 Å². The first-order valence-electron chi connectivity index (χ1n) is 6.99. The molecule has 1 unspecified atom stereocenters. The predicted octanol–water partition coefficient (Wildman–Crippen LogP) is 2.63. The van der Waals surface area contributed by atoms with E-state index >= 15 is 0 Å². The molecule has 0 saturated carbocycles. The third kappa shape index (κ3) is 2.62. The van der Waals surface area contributed by atoms with Crippen LogP contribution in [0.1, 0.15) is 17.2 Å². The third-order valence-corrected chi connectivity index (χ3v) is 3.85. The van der Waals surface area contributed by atoms with E-state index in [0.29, 0.717) is 5.58 Å². The molecule has 0 aliphatic heterocycles. The number of aromatic nitrogens is 1. The van der Waals surface area contributed by atoms with Gasteiger partial charge in [0.2, 0.25) is 0 Å². The monoisotopic (exact) mass is 282 g/mol. The molecule has 0 aliphatic rings. The Morgan fingerprint density at radius 1 is 1.19 bits per heavy atom. The van der Waals surface area contributed by atoms with Crippen molar-refractivity contribution in [3.8, 4) is 0 Å². The largest absolute Gasteiger partial charge is 0.419 e. The SMILES string of the molecule is CNC(Cc1ccccc1)c1ccc2c(c1)oc(=O)n2C. The van der Waals surface area contributed by atoms with Gasteiger partial charge < -0.3 is 9.73 Å². The van der Waals surface area contributed by atoms with Crippen molar-refractivity contribution >= 4 is 11.1 Å². The Bertz CT molecular complexity index is 803. The highest BCUT2D eigenvalue weighted by molar-refractivity contribution is 5.73. The van der Waals surface area contributed by atoms with Crippen molar-refractivity contribution in [2.75, 3.05) is 7.05 Å². The summed E-state index contributed by atoms with van der Waals surface area (Å²) in [7, 11) is 3.66. The van der Waals surface area contributed by atoms with Crippen LogP contribution < -0.4 is 11.1 Å². The summed E-state index contributed by atoms with van der Waals surface area (Å²) in [5.74, 6) is -0.328. The topological polar surface area (TPSA) is 47.2 Å². The van der Waals surface area contributed by atoms with Crippen LogP contribution >= 0.6 is 0 Å². The van der Waals surface area contributed by atoms with Gasteiger partial charge >= 0.3 is 5.76 Å². The van der Waals surface area contributed by atoms with Crippen LogP contribution in [0.4, 0.5) is 0 Å². The molecule has 3 aromatic rings. The maximum atomic E-state index is 11.6. The van der Waals surface area contributed by atoms with E-state index in [1.807, 2.05) is 43.4 Å². The number of benzene rings is 2. The quantitative estimate of drug-likeness (QED) is 0.800. The second kappa shape index (κ2) is 5.58. The van der Waals surface area contributed by atoms with Crippen LogP contribution in [0.3, 0.4) is 0 Å². The first kappa shape index (κ1) is 13.6.